The van der Waals surface area contributed by atoms with Crippen LogP contribution in [0.3, 0.4) is 0 Å². The van der Waals surface area contributed by atoms with Crippen LogP contribution < -0.4 is 9.80 Å². The molecule has 6 rings (SSSR count). The largest absolute Gasteiger partial charge is 0.269 e. The number of nitrogens with zero attached hydrogens (tertiary/aromatic N) is 2. The van der Waals surface area contributed by atoms with Gasteiger partial charge in [0.2, 0.25) is 11.6 Å². The fourth-order valence-corrected chi connectivity index (χ4v) is 5.18. The number of amides is 4. The van der Waals surface area contributed by atoms with Gasteiger partial charge in [0.05, 0.1) is 33.4 Å². The maximum Gasteiger partial charge on any atom is 0.269 e. The lowest BCUT2D eigenvalue weighted by molar-refractivity contribution is 0.0905. The molecule has 2 aliphatic rings. The zero-order valence-electron chi connectivity index (χ0n) is 22.6. The van der Waals surface area contributed by atoms with Gasteiger partial charge < -0.3 is 0 Å². The van der Waals surface area contributed by atoms with Crippen molar-refractivity contribution in [1.29, 1.82) is 0 Å². The van der Waals surface area contributed by atoms with Gasteiger partial charge in [0, 0.05) is 0 Å². The van der Waals surface area contributed by atoms with E-state index >= 15 is 26.3 Å². The van der Waals surface area contributed by atoms with Gasteiger partial charge >= 0.3 is 0 Å². The van der Waals surface area contributed by atoms with Crippen molar-refractivity contribution in [2.45, 2.75) is 0 Å². The molecule has 0 fully saturated rings. The predicted octanol–water partition coefficient (Wildman–Crippen LogP) is 7.18. The Kier molecular flexibility index (Phi) is 7.31. The fourth-order valence-electron chi connectivity index (χ4n) is 5.18. The van der Waals surface area contributed by atoms with Gasteiger partial charge in [0.15, 0.2) is 69.8 Å². The lowest BCUT2D eigenvalue weighted by atomic mass is 9.93. The number of carbonyl (C=O) groups excluding carboxylic acids is 4. The average molecular weight is 732 g/mol. The predicted molar refractivity (Wildman–Crippen MR) is 126 cm³/mol. The van der Waals surface area contributed by atoms with Crippen molar-refractivity contribution in [2.75, 3.05) is 9.80 Å². The standard InChI is InChI=1S/C28F16N2O4/c29-7-1(9(31)11(33)5-3(7)25(47)45(27(5)49)23-19(41)15(37)13(35)16(38)20(23)42)2-8(30)4-6(12(34)10(2)32)28(50)46(26(4)48)24-21(43)17(39)14(36)18(40)22(24)44. The molecular formula is C28F16N2O4. The quantitative estimate of drug-likeness (QED) is 0.0969. The first-order chi connectivity index (χ1) is 23.2. The van der Waals surface area contributed by atoms with E-state index in [9.17, 15) is 63.1 Å². The second-order valence-corrected chi connectivity index (χ2v) is 9.86. The zero-order chi connectivity index (χ0) is 37.3. The summed E-state index contributed by atoms with van der Waals surface area (Å²) < 4.78 is 233. The van der Waals surface area contributed by atoms with Crippen LogP contribution in [0.2, 0.25) is 0 Å². The Labute approximate surface area is 261 Å². The molecular weight excluding hydrogens is 732 g/mol. The zero-order valence-corrected chi connectivity index (χ0v) is 22.6. The molecule has 50 heavy (non-hydrogen) atoms. The number of hydrogen-bond donors (Lipinski definition) is 0. The molecule has 4 aromatic rings. The summed E-state index contributed by atoms with van der Waals surface area (Å²) in [5, 5.41) is 0. The normalized spacial score (nSPS) is 14.1. The van der Waals surface area contributed by atoms with Crippen molar-refractivity contribution in [3.63, 3.8) is 0 Å². The Bertz CT molecular complexity index is 2170. The summed E-state index contributed by atoms with van der Waals surface area (Å²) in [6.45, 7) is 0. The fraction of sp³-hybridized carbons (Fsp3) is 0. The highest BCUT2D eigenvalue weighted by atomic mass is 19.2. The minimum atomic E-state index is -2.97. The highest BCUT2D eigenvalue weighted by Gasteiger charge is 2.51. The first kappa shape index (κ1) is 33.9. The van der Waals surface area contributed by atoms with Gasteiger partial charge in [0.1, 0.15) is 23.0 Å². The number of fused-ring (bicyclic) bond motifs is 2. The van der Waals surface area contributed by atoms with Crippen LogP contribution in [-0.2, 0) is 0 Å². The lowest BCUT2D eigenvalue weighted by Crippen LogP contribution is -2.32. The van der Waals surface area contributed by atoms with Crippen LogP contribution in [0.15, 0.2) is 0 Å². The first-order valence-electron chi connectivity index (χ1n) is 12.4. The molecule has 0 unspecified atom stereocenters. The molecule has 6 nitrogen and oxygen atoms in total. The Hall–Kier alpha value is -5.96. The molecule has 0 aromatic heterocycles. The molecule has 0 aliphatic carbocycles. The van der Waals surface area contributed by atoms with Crippen LogP contribution in [0, 0.1) is 93.1 Å². The maximum atomic E-state index is 15.8. The molecule has 258 valence electrons. The highest BCUT2D eigenvalue weighted by Crippen LogP contribution is 2.45. The number of hydrogen-bond acceptors (Lipinski definition) is 4. The SMILES string of the molecule is O=C1c2c(F)c(F)c(-c3c(F)c(F)c4c(c3F)C(=O)N(c3c(F)c(F)c(F)c(F)c3F)C4=O)c(F)c2C(=O)N1c1c(F)c(F)c(F)c(F)c1F. The number of halogens is 16. The molecule has 22 heteroatoms. The van der Waals surface area contributed by atoms with Gasteiger partial charge in [-0.3, -0.25) is 19.2 Å². The number of rotatable bonds is 3. The van der Waals surface area contributed by atoms with Crippen LogP contribution in [-0.4, -0.2) is 23.6 Å². The van der Waals surface area contributed by atoms with Crippen molar-refractivity contribution in [3.8, 4) is 11.1 Å². The summed E-state index contributed by atoms with van der Waals surface area (Å²) in [6.07, 6.45) is 0. The van der Waals surface area contributed by atoms with Gasteiger partial charge in [-0.25, -0.2) is 80.0 Å². The van der Waals surface area contributed by atoms with Gasteiger partial charge in [-0.2, -0.15) is 0 Å². The Morgan fingerprint density at radius 3 is 0.640 bits per heavy atom. The maximum absolute atomic E-state index is 15.8. The van der Waals surface area contributed by atoms with Crippen LogP contribution in [0.25, 0.3) is 11.1 Å². The van der Waals surface area contributed by atoms with Crippen molar-refractivity contribution in [1.82, 2.24) is 0 Å². The van der Waals surface area contributed by atoms with Crippen molar-refractivity contribution in [2.24, 2.45) is 0 Å². The first-order valence-corrected chi connectivity index (χ1v) is 12.4. The van der Waals surface area contributed by atoms with Crippen molar-refractivity contribution < 1.29 is 89.4 Å². The lowest BCUT2D eigenvalue weighted by Gasteiger charge is -2.16. The van der Waals surface area contributed by atoms with Crippen LogP contribution in [0.1, 0.15) is 41.4 Å². The molecule has 0 N–H and O–H groups in total. The number of benzene rings is 4. The summed E-state index contributed by atoms with van der Waals surface area (Å²) >= 11 is 0. The van der Waals surface area contributed by atoms with Crippen LogP contribution in [0.5, 0.6) is 0 Å². The minimum absolute atomic E-state index is 1.09. The smallest absolute Gasteiger partial charge is 0.268 e. The number of anilines is 2. The van der Waals surface area contributed by atoms with E-state index in [1.165, 1.54) is 0 Å². The third-order valence-corrected chi connectivity index (χ3v) is 7.38. The molecule has 2 aliphatic heterocycles. The number of carbonyl (C=O) groups is 4. The van der Waals surface area contributed by atoms with E-state index < -0.39 is 171 Å². The number of imide groups is 2. The van der Waals surface area contributed by atoms with Gasteiger partial charge in [-0.15, -0.1) is 0 Å². The van der Waals surface area contributed by atoms with Gasteiger partial charge in [-0.05, 0) is 0 Å². The topological polar surface area (TPSA) is 74.8 Å². The summed E-state index contributed by atoms with van der Waals surface area (Å²) in [5.41, 5.74) is -18.9. The average Bonchev–Trinajstić information content (AvgIpc) is 3.49. The Balaban J connectivity index is 1.60. The third-order valence-electron chi connectivity index (χ3n) is 7.38. The molecule has 0 spiro atoms. The molecule has 0 bridgehead atoms. The summed E-state index contributed by atoms with van der Waals surface area (Å²) in [7, 11) is 0. The van der Waals surface area contributed by atoms with E-state index in [1.807, 2.05) is 0 Å². The third kappa shape index (κ3) is 3.94. The van der Waals surface area contributed by atoms with E-state index in [0.29, 0.717) is 0 Å². The van der Waals surface area contributed by atoms with E-state index in [2.05, 4.69) is 0 Å². The molecule has 2 heterocycles. The second kappa shape index (κ2) is 10.8. The highest BCUT2D eigenvalue weighted by molar-refractivity contribution is 6.36. The van der Waals surface area contributed by atoms with Crippen LogP contribution in [0.4, 0.5) is 81.6 Å². The molecule has 0 radical (unpaired) electrons. The van der Waals surface area contributed by atoms with E-state index in [0.717, 1.165) is 0 Å². The molecule has 0 atom stereocenters. The second-order valence-electron chi connectivity index (χ2n) is 9.86. The van der Waals surface area contributed by atoms with Crippen LogP contribution >= 0.6 is 0 Å². The van der Waals surface area contributed by atoms with E-state index in [-0.39, 0.29) is 0 Å². The van der Waals surface area contributed by atoms with E-state index in [1.54, 1.807) is 0 Å². The molecule has 4 amide bonds. The molecule has 4 aromatic carbocycles. The van der Waals surface area contributed by atoms with Crippen molar-refractivity contribution in [3.05, 3.63) is 115 Å². The van der Waals surface area contributed by atoms with Crippen molar-refractivity contribution >= 4 is 35.0 Å². The van der Waals surface area contributed by atoms with Gasteiger partial charge in [-0.1, -0.05) is 0 Å². The summed E-state index contributed by atoms with van der Waals surface area (Å²) in [4.78, 5) is 49.1. The Morgan fingerprint density at radius 2 is 0.400 bits per heavy atom. The molecule has 0 saturated carbocycles. The monoisotopic (exact) mass is 732 g/mol. The molecule has 0 saturated heterocycles. The summed E-state index contributed by atoms with van der Waals surface area (Å²) in [5.74, 6) is -56.1. The van der Waals surface area contributed by atoms with E-state index in [4.69, 9.17) is 0 Å². The minimum Gasteiger partial charge on any atom is -0.268 e. The Morgan fingerprint density at radius 1 is 0.220 bits per heavy atom. The summed E-state index contributed by atoms with van der Waals surface area (Å²) in [6, 6.07) is 0. The van der Waals surface area contributed by atoms with Gasteiger partial charge in [0.25, 0.3) is 23.6 Å².